The molecule has 0 heterocycles. The van der Waals surface area contributed by atoms with E-state index in [4.69, 9.17) is 10.8 Å². The number of carbonyl (C=O) groups is 2. The Hall–Kier alpha value is -2.29. The summed E-state index contributed by atoms with van der Waals surface area (Å²) >= 11 is 0. The molecule has 2 amide bonds. The number of sulfonamides is 1. The first-order chi connectivity index (χ1) is 9.27. The second-order valence-electron chi connectivity index (χ2n) is 3.92. The van der Waals surface area contributed by atoms with Gasteiger partial charge in [0.25, 0.3) is 10.0 Å². The van der Waals surface area contributed by atoms with E-state index in [0.717, 1.165) is 12.1 Å². The summed E-state index contributed by atoms with van der Waals surface area (Å²) in [6.07, 6.45) is 0.631. The van der Waals surface area contributed by atoms with Gasteiger partial charge in [-0.2, -0.15) is 0 Å². The predicted octanol–water partition coefficient (Wildman–Crippen LogP) is 0.365. The smallest absolute Gasteiger partial charge is 0.337 e. The lowest BCUT2D eigenvalue weighted by Crippen LogP contribution is -2.40. The molecule has 0 saturated carbocycles. The number of nitrogen functional groups attached to an aromatic ring is 1. The molecule has 0 aliphatic carbocycles. The van der Waals surface area contributed by atoms with E-state index in [1.165, 1.54) is 6.07 Å². The van der Waals surface area contributed by atoms with Crippen molar-refractivity contribution < 1.29 is 23.1 Å². The zero-order valence-corrected chi connectivity index (χ0v) is 11.5. The molecule has 0 aliphatic heterocycles. The Morgan fingerprint density at radius 2 is 2.00 bits per heavy atom. The molecule has 1 aromatic rings. The molecular weight excluding hydrogens is 286 g/mol. The highest BCUT2D eigenvalue weighted by Crippen LogP contribution is 2.19. The number of hydrogen-bond donors (Lipinski definition) is 4. The Balaban J connectivity index is 3.12. The van der Waals surface area contributed by atoms with Crippen LogP contribution in [0.25, 0.3) is 0 Å². The van der Waals surface area contributed by atoms with E-state index in [1.54, 1.807) is 11.6 Å². The van der Waals surface area contributed by atoms with Crippen molar-refractivity contribution in [3.8, 4) is 0 Å². The molecule has 0 aliphatic rings. The Morgan fingerprint density at radius 1 is 1.35 bits per heavy atom. The summed E-state index contributed by atoms with van der Waals surface area (Å²) in [7, 11) is -4.31. The highest BCUT2D eigenvalue weighted by atomic mass is 32.2. The van der Waals surface area contributed by atoms with Crippen molar-refractivity contribution in [2.24, 2.45) is 0 Å². The van der Waals surface area contributed by atoms with Gasteiger partial charge in [0.15, 0.2) is 0 Å². The molecule has 0 saturated heterocycles. The number of nitrogens with two attached hydrogens (primary N) is 1. The number of urea groups is 1. The van der Waals surface area contributed by atoms with Crippen LogP contribution in [0.1, 0.15) is 23.7 Å². The van der Waals surface area contributed by atoms with Crippen molar-refractivity contribution in [3.05, 3.63) is 23.8 Å². The largest absolute Gasteiger partial charge is 0.478 e. The fourth-order valence-corrected chi connectivity index (χ4v) is 2.55. The number of benzene rings is 1. The lowest BCUT2D eigenvalue weighted by molar-refractivity contribution is 0.0692. The van der Waals surface area contributed by atoms with Crippen LogP contribution in [0.3, 0.4) is 0 Å². The topological polar surface area (TPSA) is 139 Å². The van der Waals surface area contributed by atoms with Gasteiger partial charge < -0.3 is 16.2 Å². The van der Waals surface area contributed by atoms with Gasteiger partial charge in [-0.3, -0.25) is 0 Å². The summed E-state index contributed by atoms with van der Waals surface area (Å²) < 4.78 is 25.7. The van der Waals surface area contributed by atoms with Gasteiger partial charge in [-0.05, 0) is 24.6 Å². The van der Waals surface area contributed by atoms with Gasteiger partial charge in [0.05, 0.1) is 5.56 Å². The number of amides is 2. The Bertz CT molecular complexity index is 627. The van der Waals surface area contributed by atoms with Gasteiger partial charge in [-0.25, -0.2) is 22.7 Å². The number of hydrogen-bond acceptors (Lipinski definition) is 5. The maximum atomic E-state index is 12.0. The number of anilines is 1. The van der Waals surface area contributed by atoms with Crippen LogP contribution < -0.4 is 15.8 Å². The van der Waals surface area contributed by atoms with Gasteiger partial charge in [0.2, 0.25) is 0 Å². The molecule has 0 atom stereocenters. The third kappa shape index (κ3) is 3.85. The standard InChI is InChI=1S/C11H15N3O5S/c1-2-5-13-11(17)14-20(18,19)9-6-7(12)3-4-8(9)10(15)16/h3-4,6H,2,5,12H2,1H3,(H,15,16)(H2,13,14,17). The molecule has 1 rings (SSSR count). The minimum absolute atomic E-state index is 0.0735. The van der Waals surface area contributed by atoms with Crippen LogP contribution in [0.15, 0.2) is 23.1 Å². The normalized spacial score (nSPS) is 10.8. The number of rotatable bonds is 5. The van der Waals surface area contributed by atoms with E-state index in [-0.39, 0.29) is 5.69 Å². The zero-order valence-electron chi connectivity index (χ0n) is 10.7. The van der Waals surface area contributed by atoms with Gasteiger partial charge in [-0.15, -0.1) is 0 Å². The summed E-state index contributed by atoms with van der Waals surface area (Å²) in [4.78, 5) is 21.8. The van der Waals surface area contributed by atoms with E-state index in [0.29, 0.717) is 13.0 Å². The van der Waals surface area contributed by atoms with E-state index in [2.05, 4.69) is 5.32 Å². The van der Waals surface area contributed by atoms with Crippen LogP contribution in [-0.2, 0) is 10.0 Å². The third-order valence-electron chi connectivity index (χ3n) is 2.29. The number of aromatic carboxylic acids is 1. The quantitative estimate of drug-likeness (QED) is 0.579. The van der Waals surface area contributed by atoms with Crippen molar-refractivity contribution >= 4 is 27.7 Å². The molecule has 5 N–H and O–H groups in total. The fraction of sp³-hybridized carbons (Fsp3) is 0.273. The molecule has 0 unspecified atom stereocenters. The second kappa shape index (κ2) is 6.24. The van der Waals surface area contributed by atoms with Crippen LogP contribution >= 0.6 is 0 Å². The minimum atomic E-state index is -4.31. The van der Waals surface area contributed by atoms with E-state index >= 15 is 0 Å². The molecule has 20 heavy (non-hydrogen) atoms. The molecule has 110 valence electrons. The molecule has 0 spiro atoms. The molecule has 0 radical (unpaired) electrons. The summed E-state index contributed by atoms with van der Waals surface area (Å²) in [5, 5.41) is 11.3. The summed E-state index contributed by atoms with van der Waals surface area (Å²) in [5.41, 5.74) is 5.06. The van der Waals surface area contributed by atoms with Crippen molar-refractivity contribution in [2.45, 2.75) is 18.2 Å². The molecule has 1 aromatic carbocycles. The first kappa shape index (κ1) is 15.8. The molecule has 8 nitrogen and oxygen atoms in total. The Labute approximate surface area is 116 Å². The van der Waals surface area contributed by atoms with Crippen LogP contribution in [0.4, 0.5) is 10.5 Å². The van der Waals surface area contributed by atoms with E-state index < -0.39 is 32.5 Å². The average molecular weight is 301 g/mol. The highest BCUT2D eigenvalue weighted by molar-refractivity contribution is 7.90. The van der Waals surface area contributed by atoms with E-state index in [9.17, 15) is 18.0 Å². The lowest BCUT2D eigenvalue weighted by atomic mass is 10.2. The Kier molecular flexibility index (Phi) is 4.92. The molecule has 9 heteroatoms. The van der Waals surface area contributed by atoms with Gasteiger partial charge in [-0.1, -0.05) is 6.92 Å². The highest BCUT2D eigenvalue weighted by Gasteiger charge is 2.24. The third-order valence-corrected chi connectivity index (χ3v) is 3.66. The van der Waals surface area contributed by atoms with Crippen LogP contribution in [0.5, 0.6) is 0 Å². The predicted molar refractivity (Wildman–Crippen MR) is 71.8 cm³/mol. The lowest BCUT2D eigenvalue weighted by Gasteiger charge is -2.10. The maximum absolute atomic E-state index is 12.0. The SMILES string of the molecule is CCCNC(=O)NS(=O)(=O)c1cc(N)ccc1C(=O)O. The maximum Gasteiger partial charge on any atom is 0.337 e. The van der Waals surface area contributed by atoms with Gasteiger partial charge in [0.1, 0.15) is 4.90 Å². The molecular formula is C11H15N3O5S. The van der Waals surface area contributed by atoms with Crippen molar-refractivity contribution in [1.82, 2.24) is 10.0 Å². The molecule has 0 aromatic heterocycles. The number of nitrogens with one attached hydrogen (secondary N) is 2. The van der Waals surface area contributed by atoms with Crippen molar-refractivity contribution in [2.75, 3.05) is 12.3 Å². The van der Waals surface area contributed by atoms with E-state index in [1.807, 2.05) is 0 Å². The minimum Gasteiger partial charge on any atom is -0.478 e. The molecule has 0 fully saturated rings. The summed E-state index contributed by atoms with van der Waals surface area (Å²) in [6, 6.07) is 2.39. The summed E-state index contributed by atoms with van der Waals surface area (Å²) in [5.74, 6) is -1.43. The second-order valence-corrected chi connectivity index (χ2v) is 5.57. The first-order valence-electron chi connectivity index (χ1n) is 5.71. The summed E-state index contributed by atoms with van der Waals surface area (Å²) in [6.45, 7) is 2.10. The van der Waals surface area contributed by atoms with Crippen LogP contribution in [0.2, 0.25) is 0 Å². The monoisotopic (exact) mass is 301 g/mol. The van der Waals surface area contributed by atoms with Crippen molar-refractivity contribution in [3.63, 3.8) is 0 Å². The number of carbonyl (C=O) groups excluding carboxylic acids is 1. The first-order valence-corrected chi connectivity index (χ1v) is 7.19. The van der Waals surface area contributed by atoms with Crippen LogP contribution in [-0.4, -0.2) is 32.1 Å². The number of carboxylic acid groups (broad SMARTS) is 1. The zero-order chi connectivity index (χ0) is 15.3. The Morgan fingerprint density at radius 3 is 2.55 bits per heavy atom. The van der Waals surface area contributed by atoms with Crippen molar-refractivity contribution in [1.29, 1.82) is 0 Å². The van der Waals surface area contributed by atoms with Gasteiger partial charge in [0, 0.05) is 12.2 Å². The molecule has 0 bridgehead atoms. The average Bonchev–Trinajstić information content (AvgIpc) is 2.35. The van der Waals surface area contributed by atoms with Gasteiger partial charge >= 0.3 is 12.0 Å². The fourth-order valence-electron chi connectivity index (χ4n) is 1.39. The number of carboxylic acids is 1. The van der Waals surface area contributed by atoms with Crippen LogP contribution in [0, 0.1) is 0 Å².